The number of nitrogens with one attached hydrogen (secondary N) is 3. The number of halogens is 2. The largest absolute Gasteiger partial charge is 0.352 e. The Balaban J connectivity index is 1.55. The first-order chi connectivity index (χ1) is 18.7. The summed E-state index contributed by atoms with van der Waals surface area (Å²) < 4.78 is 1.97. The Morgan fingerprint density at radius 1 is 0.846 bits per heavy atom. The number of aromatic nitrogens is 1. The number of carbonyl (C=O) groups excluding carboxylic acids is 3. The summed E-state index contributed by atoms with van der Waals surface area (Å²) in [6.07, 6.45) is 0.843. The molecule has 39 heavy (non-hydrogen) atoms. The predicted octanol–water partition coefficient (Wildman–Crippen LogP) is 7.13. The van der Waals surface area contributed by atoms with E-state index in [9.17, 15) is 14.4 Å². The van der Waals surface area contributed by atoms with E-state index in [4.69, 9.17) is 23.2 Å². The van der Waals surface area contributed by atoms with E-state index in [2.05, 4.69) is 16.0 Å². The Morgan fingerprint density at radius 3 is 2.23 bits per heavy atom. The number of aryl methyl sites for hydroxylation is 1. The minimum Gasteiger partial charge on any atom is -0.352 e. The highest BCUT2D eigenvalue weighted by Crippen LogP contribution is 2.26. The molecule has 0 aliphatic heterocycles. The fourth-order valence-electron chi connectivity index (χ4n) is 4.18. The van der Waals surface area contributed by atoms with Gasteiger partial charge in [0, 0.05) is 46.3 Å². The predicted molar refractivity (Wildman–Crippen MR) is 158 cm³/mol. The fourth-order valence-corrected chi connectivity index (χ4v) is 4.51. The second kappa shape index (κ2) is 12.4. The van der Waals surface area contributed by atoms with Crippen LogP contribution in [0.4, 0.5) is 11.4 Å². The van der Waals surface area contributed by atoms with Crippen LogP contribution in [-0.4, -0.2) is 22.3 Å². The van der Waals surface area contributed by atoms with Gasteiger partial charge in [-0.3, -0.25) is 14.4 Å². The molecule has 0 radical (unpaired) electrons. The lowest BCUT2D eigenvalue weighted by Gasteiger charge is -2.12. The molecule has 0 bridgehead atoms. The molecule has 4 aromatic rings. The molecule has 0 unspecified atom stereocenters. The molecule has 3 amide bonds. The maximum atomic E-state index is 13.1. The van der Waals surface area contributed by atoms with Crippen molar-refractivity contribution in [2.24, 2.45) is 5.92 Å². The topological polar surface area (TPSA) is 92.2 Å². The third-order valence-corrected chi connectivity index (χ3v) is 6.79. The van der Waals surface area contributed by atoms with Gasteiger partial charge in [-0.25, -0.2) is 0 Å². The normalized spacial score (nSPS) is 11.0. The van der Waals surface area contributed by atoms with Crippen molar-refractivity contribution in [3.05, 3.63) is 93.6 Å². The van der Waals surface area contributed by atoms with E-state index in [1.165, 1.54) is 0 Å². The molecule has 3 aromatic carbocycles. The van der Waals surface area contributed by atoms with Gasteiger partial charge in [-0.05, 0) is 72.6 Å². The lowest BCUT2D eigenvalue weighted by molar-refractivity contribution is -0.124. The zero-order chi connectivity index (χ0) is 28.1. The molecule has 4 rings (SSSR count). The van der Waals surface area contributed by atoms with Crippen molar-refractivity contribution in [2.45, 2.75) is 40.3 Å². The first kappa shape index (κ1) is 28.2. The van der Waals surface area contributed by atoms with Crippen LogP contribution >= 0.6 is 23.2 Å². The summed E-state index contributed by atoms with van der Waals surface area (Å²) in [5, 5.41) is 10.4. The molecule has 0 atom stereocenters. The Bertz CT molecular complexity index is 1530. The molecule has 0 aliphatic rings. The van der Waals surface area contributed by atoms with E-state index in [0.29, 0.717) is 45.8 Å². The van der Waals surface area contributed by atoms with Crippen LogP contribution in [0, 0.1) is 5.92 Å². The molecule has 1 aromatic heterocycles. The monoisotopic (exact) mass is 564 g/mol. The van der Waals surface area contributed by atoms with Crippen LogP contribution in [0.25, 0.3) is 10.9 Å². The Kier molecular flexibility index (Phi) is 8.94. The van der Waals surface area contributed by atoms with Crippen molar-refractivity contribution in [3.63, 3.8) is 0 Å². The fraction of sp³-hybridized carbons (Fsp3) is 0.233. The molecule has 202 valence electrons. The third kappa shape index (κ3) is 6.80. The zero-order valence-corrected chi connectivity index (χ0v) is 23.5. The van der Waals surface area contributed by atoms with Crippen molar-refractivity contribution in [1.82, 2.24) is 9.88 Å². The van der Waals surface area contributed by atoms with Crippen molar-refractivity contribution in [2.75, 3.05) is 10.6 Å². The summed E-state index contributed by atoms with van der Waals surface area (Å²) in [6, 6.07) is 19.4. The number of carbonyl (C=O) groups is 3. The maximum absolute atomic E-state index is 13.1. The summed E-state index contributed by atoms with van der Waals surface area (Å²) in [7, 11) is 0. The van der Waals surface area contributed by atoms with E-state index in [0.717, 1.165) is 22.9 Å². The summed E-state index contributed by atoms with van der Waals surface area (Å²) in [4.78, 5) is 38.2. The average Bonchev–Trinajstić information content (AvgIpc) is 3.27. The van der Waals surface area contributed by atoms with Crippen LogP contribution in [-0.2, 0) is 17.9 Å². The van der Waals surface area contributed by atoms with Gasteiger partial charge in [0.05, 0.1) is 10.6 Å². The third-order valence-electron chi connectivity index (χ3n) is 6.21. The Hall–Kier alpha value is -3.81. The second-order valence-corrected chi connectivity index (χ2v) is 10.4. The van der Waals surface area contributed by atoms with Crippen LogP contribution in [0.1, 0.15) is 53.6 Å². The average molecular weight is 566 g/mol. The van der Waals surface area contributed by atoms with Gasteiger partial charge in [0.25, 0.3) is 11.8 Å². The highest BCUT2D eigenvalue weighted by molar-refractivity contribution is 6.34. The van der Waals surface area contributed by atoms with Crippen LogP contribution in [0.15, 0.2) is 66.7 Å². The van der Waals surface area contributed by atoms with Crippen molar-refractivity contribution in [1.29, 1.82) is 0 Å². The summed E-state index contributed by atoms with van der Waals surface area (Å²) in [6.45, 7) is 6.64. The highest BCUT2D eigenvalue weighted by Gasteiger charge is 2.18. The van der Waals surface area contributed by atoms with E-state index in [1.54, 1.807) is 48.5 Å². The van der Waals surface area contributed by atoms with Crippen LogP contribution in [0.2, 0.25) is 10.0 Å². The number of rotatable bonds is 9. The lowest BCUT2D eigenvalue weighted by atomic mass is 10.1. The Morgan fingerprint density at radius 2 is 1.54 bits per heavy atom. The molecule has 0 saturated carbocycles. The molecule has 0 saturated heterocycles. The SMILES string of the molecule is CCCn1c(C(=O)Nc2ccc(Cl)cc2)cc2cc(NC(=O)c3cc(CNC(=O)C(C)C)ccc3Cl)ccc21. The molecule has 0 spiro atoms. The molecule has 9 heteroatoms. The number of hydrogen-bond donors (Lipinski definition) is 3. The van der Waals surface area contributed by atoms with E-state index >= 15 is 0 Å². The number of benzene rings is 3. The number of amides is 3. The van der Waals surface area contributed by atoms with Crippen molar-refractivity contribution in [3.8, 4) is 0 Å². The van der Waals surface area contributed by atoms with Crippen molar-refractivity contribution < 1.29 is 14.4 Å². The first-order valence-electron chi connectivity index (χ1n) is 12.7. The van der Waals surface area contributed by atoms with Gasteiger partial charge in [0.2, 0.25) is 5.91 Å². The van der Waals surface area contributed by atoms with Crippen LogP contribution in [0.5, 0.6) is 0 Å². The molecule has 1 heterocycles. The standard InChI is InChI=1S/C30H30Cl2N4O3/c1-4-13-36-26-12-10-23(15-20(26)16-27(36)30(39)34-22-8-6-21(31)7-9-22)35-29(38)24-14-19(5-11-25(24)32)17-33-28(37)18(2)3/h5-12,14-16,18H,4,13,17H2,1-3H3,(H,33,37)(H,34,39)(H,35,38). The highest BCUT2D eigenvalue weighted by atomic mass is 35.5. The van der Waals surface area contributed by atoms with Gasteiger partial charge < -0.3 is 20.5 Å². The first-order valence-corrected chi connectivity index (χ1v) is 13.5. The van der Waals surface area contributed by atoms with Crippen LogP contribution in [0.3, 0.4) is 0 Å². The van der Waals surface area contributed by atoms with E-state index in [1.807, 2.05) is 43.5 Å². The minimum absolute atomic E-state index is 0.0690. The molecular formula is C30H30Cl2N4O3. The van der Waals surface area contributed by atoms with E-state index in [-0.39, 0.29) is 23.6 Å². The minimum atomic E-state index is -0.370. The quantitative estimate of drug-likeness (QED) is 0.202. The zero-order valence-electron chi connectivity index (χ0n) is 22.0. The summed E-state index contributed by atoms with van der Waals surface area (Å²) >= 11 is 12.3. The molecule has 0 fully saturated rings. The van der Waals surface area contributed by atoms with Gasteiger partial charge in [-0.1, -0.05) is 50.0 Å². The molecule has 0 aliphatic carbocycles. The second-order valence-electron chi connectivity index (χ2n) is 9.56. The molecular weight excluding hydrogens is 535 g/mol. The number of fused-ring (bicyclic) bond motifs is 1. The van der Waals surface area contributed by atoms with Crippen LogP contribution < -0.4 is 16.0 Å². The van der Waals surface area contributed by atoms with Gasteiger partial charge >= 0.3 is 0 Å². The number of anilines is 2. The number of hydrogen-bond acceptors (Lipinski definition) is 3. The lowest BCUT2D eigenvalue weighted by Crippen LogP contribution is -2.27. The summed E-state index contributed by atoms with van der Waals surface area (Å²) in [5.41, 5.74) is 3.69. The smallest absolute Gasteiger partial charge is 0.272 e. The number of nitrogens with zero attached hydrogens (tertiary/aromatic N) is 1. The summed E-state index contributed by atoms with van der Waals surface area (Å²) in [5.74, 6) is -0.808. The van der Waals surface area contributed by atoms with Gasteiger partial charge in [0.15, 0.2) is 0 Å². The van der Waals surface area contributed by atoms with Gasteiger partial charge in [-0.2, -0.15) is 0 Å². The maximum Gasteiger partial charge on any atom is 0.272 e. The van der Waals surface area contributed by atoms with Gasteiger partial charge in [0.1, 0.15) is 5.69 Å². The Labute approximate surface area is 237 Å². The van der Waals surface area contributed by atoms with Gasteiger partial charge in [-0.15, -0.1) is 0 Å². The van der Waals surface area contributed by atoms with Crippen molar-refractivity contribution >= 4 is 63.2 Å². The molecule has 7 nitrogen and oxygen atoms in total. The van der Waals surface area contributed by atoms with E-state index < -0.39 is 0 Å². The molecule has 3 N–H and O–H groups in total.